The molecule has 0 aliphatic carbocycles. The predicted octanol–water partition coefficient (Wildman–Crippen LogP) is 2.90. The van der Waals surface area contributed by atoms with E-state index in [1.165, 1.54) is 0 Å². The van der Waals surface area contributed by atoms with Crippen LogP contribution in [0.4, 0.5) is 0 Å². The number of aryl methyl sites for hydroxylation is 1. The van der Waals surface area contributed by atoms with Gasteiger partial charge in [0.15, 0.2) is 0 Å². The summed E-state index contributed by atoms with van der Waals surface area (Å²) < 4.78 is 7.36. The maximum absolute atomic E-state index is 6.31. The molecule has 0 N–H and O–H groups in total. The lowest BCUT2D eigenvalue weighted by Crippen LogP contribution is -2.20. The van der Waals surface area contributed by atoms with Gasteiger partial charge in [-0.05, 0) is 36.6 Å². The maximum atomic E-state index is 6.31. The zero-order valence-corrected chi connectivity index (χ0v) is 12.3. The molecule has 2 heterocycles. The summed E-state index contributed by atoms with van der Waals surface area (Å²) in [6.45, 7) is 3.42. The molecule has 0 amide bonds. The lowest BCUT2D eigenvalue weighted by atomic mass is 9.96. The number of aliphatic imine (C=N–C) groups is 1. The monoisotopic (exact) mass is 289 g/mol. The van der Waals surface area contributed by atoms with E-state index in [-0.39, 0.29) is 0 Å². The molecule has 0 atom stereocenters. The molecule has 4 nitrogen and oxygen atoms in total. The molecule has 0 saturated heterocycles. The third kappa shape index (κ3) is 2.31. The van der Waals surface area contributed by atoms with Crippen molar-refractivity contribution >= 4 is 17.3 Å². The standard InChI is InChI=1S/C15H16ClN3O/c1-10-7-18-19(8-10)9-13-15-11(5-6-17-13)12(16)3-4-14(15)20-2/h3-4,7-8H,5-6,9H2,1-2H3. The summed E-state index contributed by atoms with van der Waals surface area (Å²) in [6, 6.07) is 3.79. The van der Waals surface area contributed by atoms with Crippen molar-refractivity contribution in [3.8, 4) is 5.75 Å². The van der Waals surface area contributed by atoms with Gasteiger partial charge >= 0.3 is 0 Å². The van der Waals surface area contributed by atoms with Gasteiger partial charge in [0.05, 0.1) is 25.6 Å². The molecular weight excluding hydrogens is 274 g/mol. The first-order chi connectivity index (χ1) is 9.69. The molecule has 1 aliphatic heterocycles. The zero-order chi connectivity index (χ0) is 14.1. The summed E-state index contributed by atoms with van der Waals surface area (Å²) in [5, 5.41) is 5.11. The van der Waals surface area contributed by atoms with Gasteiger partial charge in [-0.1, -0.05) is 11.6 Å². The van der Waals surface area contributed by atoms with Crippen LogP contribution in [0, 0.1) is 6.92 Å². The van der Waals surface area contributed by atoms with E-state index in [9.17, 15) is 0 Å². The van der Waals surface area contributed by atoms with Gasteiger partial charge in [-0.3, -0.25) is 9.67 Å². The van der Waals surface area contributed by atoms with Crippen molar-refractivity contribution in [1.82, 2.24) is 9.78 Å². The van der Waals surface area contributed by atoms with Crippen molar-refractivity contribution in [2.45, 2.75) is 19.9 Å². The van der Waals surface area contributed by atoms with Crippen molar-refractivity contribution in [2.24, 2.45) is 4.99 Å². The van der Waals surface area contributed by atoms with Crippen LogP contribution in [-0.2, 0) is 13.0 Å². The Hall–Kier alpha value is -1.81. The molecule has 1 aromatic heterocycles. The second-order valence-electron chi connectivity index (χ2n) is 4.90. The number of hydrogen-bond donors (Lipinski definition) is 0. The number of nitrogens with zero attached hydrogens (tertiary/aromatic N) is 3. The quantitative estimate of drug-likeness (QED) is 0.871. The average Bonchev–Trinajstić information content (AvgIpc) is 2.85. The van der Waals surface area contributed by atoms with Gasteiger partial charge in [0.25, 0.3) is 0 Å². The van der Waals surface area contributed by atoms with Gasteiger partial charge in [-0.2, -0.15) is 5.10 Å². The summed E-state index contributed by atoms with van der Waals surface area (Å²) in [5.41, 5.74) is 4.27. The van der Waals surface area contributed by atoms with Crippen molar-refractivity contribution in [1.29, 1.82) is 0 Å². The summed E-state index contributed by atoms with van der Waals surface area (Å²) in [5.74, 6) is 0.826. The molecule has 0 spiro atoms. The van der Waals surface area contributed by atoms with Crippen molar-refractivity contribution < 1.29 is 4.74 Å². The van der Waals surface area contributed by atoms with Crippen molar-refractivity contribution in [3.63, 3.8) is 0 Å². The lowest BCUT2D eigenvalue weighted by molar-refractivity contribution is 0.413. The zero-order valence-electron chi connectivity index (χ0n) is 11.6. The van der Waals surface area contributed by atoms with Crippen LogP contribution in [0.5, 0.6) is 5.75 Å². The third-order valence-electron chi connectivity index (χ3n) is 3.46. The molecule has 0 fully saturated rings. The first-order valence-corrected chi connectivity index (χ1v) is 6.95. The van der Waals surface area contributed by atoms with Crippen LogP contribution in [-0.4, -0.2) is 29.1 Å². The van der Waals surface area contributed by atoms with Gasteiger partial charge in [-0.15, -0.1) is 0 Å². The topological polar surface area (TPSA) is 39.4 Å². The van der Waals surface area contributed by atoms with Crippen LogP contribution >= 0.6 is 11.6 Å². The highest BCUT2D eigenvalue weighted by Gasteiger charge is 2.21. The molecule has 0 saturated carbocycles. The van der Waals surface area contributed by atoms with Crippen LogP contribution < -0.4 is 4.74 Å². The first kappa shape index (κ1) is 13.2. The van der Waals surface area contributed by atoms with Crippen LogP contribution in [0.15, 0.2) is 29.5 Å². The Morgan fingerprint density at radius 2 is 2.25 bits per heavy atom. The molecule has 1 aromatic carbocycles. The van der Waals surface area contributed by atoms with E-state index in [1.54, 1.807) is 7.11 Å². The van der Waals surface area contributed by atoms with Gasteiger partial charge in [-0.25, -0.2) is 0 Å². The van der Waals surface area contributed by atoms with Gasteiger partial charge in [0.2, 0.25) is 0 Å². The van der Waals surface area contributed by atoms with Crippen LogP contribution in [0.25, 0.3) is 0 Å². The van der Waals surface area contributed by atoms with E-state index in [2.05, 4.69) is 10.1 Å². The molecule has 0 bridgehead atoms. The highest BCUT2D eigenvalue weighted by Crippen LogP contribution is 2.32. The number of ether oxygens (including phenoxy) is 1. The van der Waals surface area contributed by atoms with E-state index >= 15 is 0 Å². The Balaban J connectivity index is 2.03. The number of benzene rings is 1. The number of aromatic nitrogens is 2. The fraction of sp³-hybridized carbons (Fsp3) is 0.333. The fourth-order valence-corrected chi connectivity index (χ4v) is 2.80. The Bertz CT molecular complexity index is 676. The predicted molar refractivity (Wildman–Crippen MR) is 80.1 cm³/mol. The molecule has 2 aromatic rings. The van der Waals surface area contributed by atoms with Crippen molar-refractivity contribution in [2.75, 3.05) is 13.7 Å². The Labute approximate surface area is 123 Å². The highest BCUT2D eigenvalue weighted by molar-refractivity contribution is 6.32. The molecular formula is C15H16ClN3O. The maximum Gasteiger partial charge on any atom is 0.128 e. The summed E-state index contributed by atoms with van der Waals surface area (Å²) in [6.07, 6.45) is 4.71. The minimum Gasteiger partial charge on any atom is -0.496 e. The van der Waals surface area contributed by atoms with Crippen LogP contribution in [0.3, 0.4) is 0 Å². The van der Waals surface area contributed by atoms with Gasteiger partial charge in [0, 0.05) is 23.3 Å². The molecule has 0 radical (unpaired) electrons. The second-order valence-corrected chi connectivity index (χ2v) is 5.30. The van der Waals surface area contributed by atoms with E-state index in [4.69, 9.17) is 16.3 Å². The smallest absolute Gasteiger partial charge is 0.128 e. The van der Waals surface area contributed by atoms with E-state index in [0.717, 1.165) is 46.1 Å². The molecule has 3 rings (SSSR count). The van der Waals surface area contributed by atoms with E-state index in [0.29, 0.717) is 6.54 Å². The molecule has 0 unspecified atom stereocenters. The van der Waals surface area contributed by atoms with Gasteiger partial charge in [0.1, 0.15) is 5.75 Å². The second kappa shape index (κ2) is 5.29. The SMILES string of the molecule is COc1ccc(Cl)c2c1C(Cn1cc(C)cn1)=NCC2. The summed E-state index contributed by atoms with van der Waals surface area (Å²) in [4.78, 5) is 4.64. The van der Waals surface area contributed by atoms with E-state index in [1.807, 2.05) is 36.1 Å². The Morgan fingerprint density at radius 1 is 1.40 bits per heavy atom. The number of rotatable bonds is 3. The molecule has 5 heteroatoms. The highest BCUT2D eigenvalue weighted by atomic mass is 35.5. The molecule has 20 heavy (non-hydrogen) atoms. The first-order valence-electron chi connectivity index (χ1n) is 6.57. The number of hydrogen-bond acceptors (Lipinski definition) is 3. The summed E-state index contributed by atoms with van der Waals surface area (Å²) in [7, 11) is 1.67. The van der Waals surface area contributed by atoms with Crippen molar-refractivity contribution in [3.05, 3.63) is 46.2 Å². The largest absolute Gasteiger partial charge is 0.496 e. The van der Waals surface area contributed by atoms with Crippen LogP contribution in [0.1, 0.15) is 16.7 Å². The van der Waals surface area contributed by atoms with Gasteiger partial charge < -0.3 is 4.74 Å². The normalized spacial score (nSPS) is 13.8. The third-order valence-corrected chi connectivity index (χ3v) is 3.82. The molecule has 1 aliphatic rings. The number of fused-ring (bicyclic) bond motifs is 1. The van der Waals surface area contributed by atoms with E-state index < -0.39 is 0 Å². The lowest BCUT2D eigenvalue weighted by Gasteiger charge is -2.21. The Morgan fingerprint density at radius 3 is 2.95 bits per heavy atom. The summed E-state index contributed by atoms with van der Waals surface area (Å²) >= 11 is 6.31. The average molecular weight is 290 g/mol. The molecule has 104 valence electrons. The number of halogens is 1. The fourth-order valence-electron chi connectivity index (χ4n) is 2.55. The minimum atomic E-state index is 0.636. The van der Waals surface area contributed by atoms with Crippen LogP contribution in [0.2, 0.25) is 5.02 Å². The number of methoxy groups -OCH3 is 1. The Kier molecular flexibility index (Phi) is 3.49. The minimum absolute atomic E-state index is 0.636.